The van der Waals surface area contributed by atoms with E-state index in [0.717, 1.165) is 124 Å². The van der Waals surface area contributed by atoms with Crippen LogP contribution in [0.1, 0.15) is 80.5 Å². The van der Waals surface area contributed by atoms with E-state index in [4.69, 9.17) is 27.8 Å². The quantitative estimate of drug-likeness (QED) is 0.161. The summed E-state index contributed by atoms with van der Waals surface area (Å²) in [6, 6.07) is 22.2. The molecule has 5 aromatic carbocycles. The average molecular weight is 771 g/mol. The van der Waals surface area contributed by atoms with Crippen LogP contribution in [0.4, 0.5) is 34.1 Å². The summed E-state index contributed by atoms with van der Waals surface area (Å²) in [6.45, 7) is 24.4. The molecule has 0 saturated carbocycles. The Morgan fingerprint density at radius 2 is 0.948 bits per heavy atom. The topological polar surface area (TPSA) is 69.7 Å². The van der Waals surface area contributed by atoms with Gasteiger partial charge in [0.15, 0.2) is 23.0 Å². The van der Waals surface area contributed by atoms with Crippen molar-refractivity contribution in [3.8, 4) is 23.0 Å². The highest BCUT2D eigenvalue weighted by atomic mass is 16.7. The van der Waals surface area contributed by atoms with Gasteiger partial charge in [0.25, 0.3) is 0 Å². The van der Waals surface area contributed by atoms with Crippen molar-refractivity contribution in [3.63, 3.8) is 0 Å². The van der Waals surface area contributed by atoms with E-state index < -0.39 is 0 Å². The van der Waals surface area contributed by atoms with Crippen LogP contribution >= 0.6 is 0 Å². The third-order valence-corrected chi connectivity index (χ3v) is 12.7. The summed E-state index contributed by atoms with van der Waals surface area (Å²) in [4.78, 5) is 4.87. The molecular weight excluding hydrogens is 723 g/mol. The molecule has 0 amide bonds. The molecular formula is C49H47BN2O6. The molecule has 2 aromatic heterocycles. The molecule has 0 fully saturated rings. The molecule has 0 radical (unpaired) electrons. The highest BCUT2D eigenvalue weighted by Crippen LogP contribution is 2.55. The average Bonchev–Trinajstić information content (AvgIpc) is 3.97. The second-order valence-corrected chi connectivity index (χ2v) is 18.7. The van der Waals surface area contributed by atoms with E-state index in [1.165, 1.54) is 11.1 Å². The highest BCUT2D eigenvalue weighted by Gasteiger charge is 2.51. The van der Waals surface area contributed by atoms with Crippen LogP contribution < -0.4 is 45.5 Å². The zero-order valence-corrected chi connectivity index (χ0v) is 35.1. The van der Waals surface area contributed by atoms with Crippen LogP contribution in [-0.2, 0) is 10.8 Å². The highest BCUT2D eigenvalue weighted by molar-refractivity contribution is 6.99. The summed E-state index contributed by atoms with van der Waals surface area (Å²) in [5.74, 6) is 3.09. The third kappa shape index (κ3) is 4.70. The van der Waals surface area contributed by atoms with Gasteiger partial charge in [-0.3, -0.25) is 0 Å². The molecule has 0 atom stereocenters. The number of benzene rings is 5. The number of anilines is 6. The number of hydrogen-bond acceptors (Lipinski definition) is 8. The summed E-state index contributed by atoms with van der Waals surface area (Å²) in [5.41, 5.74) is 18.4. The second-order valence-electron chi connectivity index (χ2n) is 18.7. The third-order valence-electron chi connectivity index (χ3n) is 12.7. The van der Waals surface area contributed by atoms with E-state index in [-0.39, 0.29) is 31.1 Å². The SMILES string of the molecule is Cc1cc2c3c(c1)N(c1c(C)cc4c(c1C)OCO4)c1c(oc4ccc(C(C)(C)C)cc14)B3c1oc3ccc(C(C)(C)C)cc3c1N2c1c(C)cc2c(c1C)OCO2. The van der Waals surface area contributed by atoms with Gasteiger partial charge in [0.1, 0.15) is 22.5 Å². The molecule has 0 N–H and O–H groups in total. The minimum absolute atomic E-state index is 0.0770. The Bertz CT molecular complexity index is 2760. The molecule has 9 heteroatoms. The fraction of sp³-hybridized carbons (Fsp3) is 0.306. The molecule has 292 valence electrons. The van der Waals surface area contributed by atoms with Crippen LogP contribution in [0.2, 0.25) is 0 Å². The lowest BCUT2D eigenvalue weighted by atomic mass is 9.37. The molecule has 7 aromatic rings. The predicted octanol–water partition coefficient (Wildman–Crippen LogP) is 10.9. The van der Waals surface area contributed by atoms with Crippen molar-refractivity contribution in [2.45, 2.75) is 87.0 Å². The van der Waals surface area contributed by atoms with Gasteiger partial charge in [0.05, 0.1) is 22.7 Å². The summed E-state index contributed by atoms with van der Waals surface area (Å²) < 4.78 is 38.7. The molecule has 4 aliphatic heterocycles. The van der Waals surface area contributed by atoms with Crippen molar-refractivity contribution in [2.24, 2.45) is 0 Å². The molecule has 11 rings (SSSR count). The maximum absolute atomic E-state index is 7.23. The van der Waals surface area contributed by atoms with Gasteiger partial charge < -0.3 is 37.6 Å². The van der Waals surface area contributed by atoms with E-state index in [1.807, 2.05) is 0 Å². The minimum atomic E-state index is -0.344. The molecule has 0 unspecified atom stereocenters. The summed E-state index contributed by atoms with van der Waals surface area (Å²) >= 11 is 0. The fourth-order valence-corrected chi connectivity index (χ4v) is 9.91. The molecule has 4 aliphatic rings. The Labute approximate surface area is 339 Å². The van der Waals surface area contributed by atoms with E-state index in [1.54, 1.807) is 0 Å². The molecule has 0 spiro atoms. The summed E-state index contributed by atoms with van der Waals surface area (Å²) in [5, 5.41) is 2.12. The Morgan fingerprint density at radius 3 is 1.36 bits per heavy atom. The maximum Gasteiger partial charge on any atom is 0.342 e. The van der Waals surface area contributed by atoms with Crippen LogP contribution in [0.3, 0.4) is 0 Å². The Kier molecular flexibility index (Phi) is 7.04. The molecule has 0 aliphatic carbocycles. The van der Waals surface area contributed by atoms with Gasteiger partial charge in [-0.05, 0) is 127 Å². The molecule has 6 heterocycles. The minimum Gasteiger partial charge on any atom is -0.468 e. The first-order chi connectivity index (χ1) is 27.6. The van der Waals surface area contributed by atoms with Crippen molar-refractivity contribution in [3.05, 3.63) is 99.6 Å². The number of fused-ring (bicyclic) bond motifs is 10. The largest absolute Gasteiger partial charge is 0.468 e. The predicted molar refractivity (Wildman–Crippen MR) is 233 cm³/mol. The molecule has 8 nitrogen and oxygen atoms in total. The summed E-state index contributed by atoms with van der Waals surface area (Å²) in [6.07, 6.45) is 0. The number of rotatable bonds is 2. The fourth-order valence-electron chi connectivity index (χ4n) is 9.91. The molecule has 0 saturated heterocycles. The lowest BCUT2D eigenvalue weighted by Gasteiger charge is -2.42. The van der Waals surface area contributed by atoms with Crippen LogP contribution in [0.25, 0.3) is 21.9 Å². The normalized spacial score (nSPS) is 15.1. The van der Waals surface area contributed by atoms with Gasteiger partial charge >= 0.3 is 6.71 Å². The Balaban J connectivity index is 1.30. The van der Waals surface area contributed by atoms with Gasteiger partial charge in [-0.1, -0.05) is 53.7 Å². The van der Waals surface area contributed by atoms with Crippen LogP contribution in [0.15, 0.2) is 69.5 Å². The van der Waals surface area contributed by atoms with Crippen LogP contribution in [0.5, 0.6) is 23.0 Å². The first-order valence-corrected chi connectivity index (χ1v) is 20.3. The Morgan fingerprint density at radius 1 is 0.517 bits per heavy atom. The zero-order chi connectivity index (χ0) is 40.3. The molecule has 58 heavy (non-hydrogen) atoms. The van der Waals surface area contributed by atoms with E-state index in [0.29, 0.717) is 0 Å². The lowest BCUT2D eigenvalue weighted by molar-refractivity contribution is 0.173. The Hall–Kier alpha value is -5.96. The van der Waals surface area contributed by atoms with Gasteiger partial charge in [-0.25, -0.2) is 0 Å². The zero-order valence-electron chi connectivity index (χ0n) is 35.1. The smallest absolute Gasteiger partial charge is 0.342 e. The second kappa shape index (κ2) is 11.6. The van der Waals surface area contributed by atoms with Crippen molar-refractivity contribution in [1.82, 2.24) is 0 Å². The standard InChI is InChI=1S/C49H47BN2O6/c1-24-16-33-39-34(17-24)52(41-26(3)19-38-45(28(41)5)56-23-54-38)43-32-21-30(49(9,10)11)13-15-36(32)58-47(43)50(39)46-42(31-20-29(48(6,7)8)12-14-35(31)57-46)51(33)40-25(2)18-37-44(27(40)4)55-22-53-37/h12-21H,22-23H2,1-11H3. The first-order valence-electron chi connectivity index (χ1n) is 20.3. The number of ether oxygens (including phenoxy) is 4. The number of nitrogens with zero attached hydrogens (tertiary/aromatic N) is 2. The molecule has 0 bridgehead atoms. The van der Waals surface area contributed by atoms with Gasteiger partial charge in [0.2, 0.25) is 13.6 Å². The van der Waals surface area contributed by atoms with Crippen molar-refractivity contribution < 1.29 is 27.8 Å². The van der Waals surface area contributed by atoms with E-state index in [2.05, 4.69) is 147 Å². The van der Waals surface area contributed by atoms with Crippen molar-refractivity contribution in [1.29, 1.82) is 0 Å². The van der Waals surface area contributed by atoms with E-state index in [9.17, 15) is 0 Å². The van der Waals surface area contributed by atoms with Crippen molar-refractivity contribution >= 4 is 79.6 Å². The number of furan rings is 2. The monoisotopic (exact) mass is 770 g/mol. The summed E-state index contributed by atoms with van der Waals surface area (Å²) in [7, 11) is 0. The number of aryl methyl sites for hydroxylation is 3. The maximum atomic E-state index is 7.23. The van der Waals surface area contributed by atoms with Crippen molar-refractivity contribution in [2.75, 3.05) is 23.4 Å². The van der Waals surface area contributed by atoms with Gasteiger partial charge in [-0.15, -0.1) is 0 Å². The number of hydrogen-bond donors (Lipinski definition) is 0. The van der Waals surface area contributed by atoms with Gasteiger partial charge in [0, 0.05) is 33.3 Å². The van der Waals surface area contributed by atoms with E-state index >= 15 is 0 Å². The van der Waals surface area contributed by atoms with Gasteiger partial charge in [-0.2, -0.15) is 0 Å². The van der Waals surface area contributed by atoms with Crippen LogP contribution in [-0.4, -0.2) is 20.3 Å². The van der Waals surface area contributed by atoms with Crippen LogP contribution in [0, 0.1) is 34.6 Å². The first kappa shape index (κ1) is 35.2. The lowest BCUT2D eigenvalue weighted by Crippen LogP contribution is -2.60.